The monoisotopic (exact) mass is 259 g/mol. The van der Waals surface area contributed by atoms with Crippen molar-refractivity contribution >= 4 is 11.1 Å². The van der Waals surface area contributed by atoms with Gasteiger partial charge in [0, 0.05) is 12.6 Å². The van der Waals surface area contributed by atoms with Crippen molar-refractivity contribution in [2.24, 2.45) is 5.73 Å². The third kappa shape index (κ3) is 2.27. The predicted octanol–water partition coefficient (Wildman–Crippen LogP) is 0.935. The molecular weight excluding hydrogens is 246 g/mol. The molecular formula is C12H13N5O2. The van der Waals surface area contributed by atoms with Gasteiger partial charge in [-0.3, -0.25) is 0 Å². The minimum Gasteiger partial charge on any atom is -0.497 e. The molecule has 0 saturated carbocycles. The number of aromatic nitrogens is 4. The van der Waals surface area contributed by atoms with E-state index in [1.54, 1.807) is 18.0 Å². The minimum atomic E-state index is 0.366. The molecule has 0 aliphatic carbocycles. The van der Waals surface area contributed by atoms with Gasteiger partial charge in [0.2, 0.25) is 5.89 Å². The average molecular weight is 259 g/mol. The van der Waals surface area contributed by atoms with Gasteiger partial charge in [-0.25, -0.2) is 9.67 Å². The number of rotatable bonds is 4. The van der Waals surface area contributed by atoms with Gasteiger partial charge in [-0.15, -0.1) is 5.10 Å². The fraction of sp³-hybridized carbons (Fsp3) is 0.250. The van der Waals surface area contributed by atoms with E-state index in [0.717, 1.165) is 22.5 Å². The third-order valence-electron chi connectivity index (χ3n) is 2.73. The summed E-state index contributed by atoms with van der Waals surface area (Å²) in [6.07, 6.45) is 1.77. The number of hydrogen-bond acceptors (Lipinski definition) is 6. The van der Waals surface area contributed by atoms with Crippen LogP contribution in [0.15, 0.2) is 28.8 Å². The van der Waals surface area contributed by atoms with Gasteiger partial charge in [0.25, 0.3) is 0 Å². The Labute approximate surface area is 109 Å². The second-order valence-electron chi connectivity index (χ2n) is 4.05. The van der Waals surface area contributed by atoms with Crippen molar-refractivity contribution in [3.05, 3.63) is 36.0 Å². The van der Waals surface area contributed by atoms with E-state index in [2.05, 4.69) is 15.3 Å². The van der Waals surface area contributed by atoms with E-state index in [0.29, 0.717) is 19.0 Å². The van der Waals surface area contributed by atoms with Crippen LogP contribution < -0.4 is 10.5 Å². The van der Waals surface area contributed by atoms with Gasteiger partial charge in [0.15, 0.2) is 5.58 Å². The number of ether oxygens (including phenoxy) is 1. The second-order valence-corrected chi connectivity index (χ2v) is 4.05. The molecule has 0 amide bonds. The van der Waals surface area contributed by atoms with Gasteiger partial charge >= 0.3 is 0 Å². The Morgan fingerprint density at radius 3 is 3.05 bits per heavy atom. The summed E-state index contributed by atoms with van der Waals surface area (Å²) in [6.45, 7) is 0.786. The van der Waals surface area contributed by atoms with Gasteiger partial charge in [-0.2, -0.15) is 0 Å². The average Bonchev–Trinajstić information content (AvgIpc) is 3.03. The molecule has 2 aromatic heterocycles. The van der Waals surface area contributed by atoms with Crippen molar-refractivity contribution in [3.8, 4) is 5.75 Å². The molecule has 0 spiro atoms. The van der Waals surface area contributed by atoms with E-state index < -0.39 is 0 Å². The number of methoxy groups -OCH3 is 1. The van der Waals surface area contributed by atoms with Gasteiger partial charge in [-0.1, -0.05) is 5.21 Å². The molecule has 3 aromatic rings. The lowest BCUT2D eigenvalue weighted by Gasteiger charge is -1.95. The topological polar surface area (TPSA) is 92.0 Å². The van der Waals surface area contributed by atoms with E-state index in [1.165, 1.54) is 0 Å². The summed E-state index contributed by atoms with van der Waals surface area (Å²) < 4.78 is 12.4. The summed E-state index contributed by atoms with van der Waals surface area (Å²) in [5.41, 5.74) is 7.69. The van der Waals surface area contributed by atoms with Crippen molar-refractivity contribution in [1.82, 2.24) is 20.0 Å². The second kappa shape index (κ2) is 4.69. The Morgan fingerprint density at radius 1 is 1.42 bits per heavy atom. The quantitative estimate of drug-likeness (QED) is 0.749. The van der Waals surface area contributed by atoms with Crippen LogP contribution >= 0.6 is 0 Å². The zero-order chi connectivity index (χ0) is 13.2. The molecule has 0 fully saturated rings. The Kier molecular flexibility index (Phi) is 2.88. The lowest BCUT2D eigenvalue weighted by molar-refractivity contribution is 0.415. The Bertz CT molecular complexity index is 703. The maximum absolute atomic E-state index is 5.63. The molecule has 0 bridgehead atoms. The minimum absolute atomic E-state index is 0.366. The highest BCUT2D eigenvalue weighted by Crippen LogP contribution is 2.21. The first-order valence-electron chi connectivity index (χ1n) is 5.81. The number of oxazole rings is 1. The van der Waals surface area contributed by atoms with Gasteiger partial charge < -0.3 is 14.9 Å². The first-order valence-corrected chi connectivity index (χ1v) is 5.81. The molecule has 7 heteroatoms. The molecule has 19 heavy (non-hydrogen) atoms. The Hall–Kier alpha value is -2.41. The summed E-state index contributed by atoms with van der Waals surface area (Å²) in [6, 6.07) is 5.49. The van der Waals surface area contributed by atoms with E-state index in [1.807, 2.05) is 18.2 Å². The van der Waals surface area contributed by atoms with Crippen molar-refractivity contribution < 1.29 is 9.15 Å². The van der Waals surface area contributed by atoms with Gasteiger partial charge in [-0.05, 0) is 12.1 Å². The smallest absolute Gasteiger partial charge is 0.217 e. The number of fused-ring (bicyclic) bond motifs is 1. The van der Waals surface area contributed by atoms with Crippen LogP contribution in [0.1, 0.15) is 11.6 Å². The van der Waals surface area contributed by atoms with Crippen LogP contribution in [0.2, 0.25) is 0 Å². The fourth-order valence-electron chi connectivity index (χ4n) is 1.80. The summed E-state index contributed by atoms with van der Waals surface area (Å²) >= 11 is 0. The summed E-state index contributed by atoms with van der Waals surface area (Å²) in [5.74, 6) is 1.32. The van der Waals surface area contributed by atoms with Crippen LogP contribution in [0, 0.1) is 0 Å². The third-order valence-corrected chi connectivity index (χ3v) is 2.73. The molecule has 0 atom stereocenters. The van der Waals surface area contributed by atoms with Crippen LogP contribution in [-0.4, -0.2) is 27.1 Å². The Morgan fingerprint density at radius 2 is 2.32 bits per heavy atom. The molecule has 0 radical (unpaired) electrons. The molecule has 0 saturated heterocycles. The first kappa shape index (κ1) is 11.7. The maximum Gasteiger partial charge on any atom is 0.217 e. The number of nitrogens with two attached hydrogens (primary N) is 1. The predicted molar refractivity (Wildman–Crippen MR) is 67.6 cm³/mol. The zero-order valence-electron chi connectivity index (χ0n) is 10.4. The number of nitrogens with zero attached hydrogens (tertiary/aromatic N) is 4. The molecule has 98 valence electrons. The van der Waals surface area contributed by atoms with Crippen LogP contribution in [-0.2, 0) is 13.1 Å². The molecule has 0 aliphatic rings. The molecule has 1 aromatic carbocycles. The van der Waals surface area contributed by atoms with Crippen molar-refractivity contribution in [1.29, 1.82) is 0 Å². The standard InChI is InChI=1S/C12H13N5O2/c1-18-9-2-3-11-10(4-9)14-12(19-11)7-17-6-8(5-13)15-16-17/h2-4,6H,5,7,13H2,1H3. The van der Waals surface area contributed by atoms with Crippen LogP contribution in [0.3, 0.4) is 0 Å². The zero-order valence-corrected chi connectivity index (χ0v) is 10.4. The molecule has 0 aliphatic heterocycles. The van der Waals surface area contributed by atoms with Crippen molar-refractivity contribution in [3.63, 3.8) is 0 Å². The molecule has 0 unspecified atom stereocenters. The largest absolute Gasteiger partial charge is 0.497 e. The van der Waals surface area contributed by atoms with Crippen LogP contribution in [0.5, 0.6) is 5.75 Å². The van der Waals surface area contributed by atoms with Crippen molar-refractivity contribution in [2.75, 3.05) is 7.11 Å². The number of benzene rings is 1. The van der Waals surface area contributed by atoms with Gasteiger partial charge in [0.1, 0.15) is 17.8 Å². The highest BCUT2D eigenvalue weighted by atomic mass is 16.5. The van der Waals surface area contributed by atoms with E-state index in [4.69, 9.17) is 14.9 Å². The maximum atomic E-state index is 5.63. The Balaban J connectivity index is 1.88. The van der Waals surface area contributed by atoms with Gasteiger partial charge in [0.05, 0.1) is 19.0 Å². The van der Waals surface area contributed by atoms with Crippen LogP contribution in [0.4, 0.5) is 0 Å². The van der Waals surface area contributed by atoms with Crippen LogP contribution in [0.25, 0.3) is 11.1 Å². The highest BCUT2D eigenvalue weighted by Gasteiger charge is 2.08. The highest BCUT2D eigenvalue weighted by molar-refractivity contribution is 5.74. The van der Waals surface area contributed by atoms with E-state index >= 15 is 0 Å². The summed E-state index contributed by atoms with van der Waals surface area (Å²) in [7, 11) is 1.62. The molecule has 7 nitrogen and oxygen atoms in total. The normalized spacial score (nSPS) is 11.1. The lowest BCUT2D eigenvalue weighted by Crippen LogP contribution is -2.00. The SMILES string of the molecule is COc1ccc2oc(Cn3cc(CN)nn3)nc2c1. The first-order chi connectivity index (χ1) is 9.28. The fourth-order valence-corrected chi connectivity index (χ4v) is 1.80. The molecule has 2 N–H and O–H groups in total. The lowest BCUT2D eigenvalue weighted by atomic mass is 10.3. The van der Waals surface area contributed by atoms with Crippen molar-refractivity contribution in [2.45, 2.75) is 13.1 Å². The number of hydrogen-bond donors (Lipinski definition) is 1. The summed E-state index contributed by atoms with van der Waals surface area (Å²) in [4.78, 5) is 4.39. The summed E-state index contributed by atoms with van der Waals surface area (Å²) in [5, 5.41) is 7.86. The molecule has 3 rings (SSSR count). The molecule has 2 heterocycles. The van der Waals surface area contributed by atoms with E-state index in [-0.39, 0.29) is 0 Å². The van der Waals surface area contributed by atoms with E-state index in [9.17, 15) is 0 Å².